The number of methoxy groups -OCH3 is 1. The van der Waals surface area contributed by atoms with Crippen molar-refractivity contribution in [1.82, 2.24) is 4.90 Å². The van der Waals surface area contributed by atoms with Gasteiger partial charge < -0.3 is 9.84 Å². The zero-order chi connectivity index (χ0) is 29.3. The first-order valence-electron chi connectivity index (χ1n) is 14.1. The average Bonchev–Trinajstić information content (AvgIpc) is 3.65. The molecule has 3 fully saturated rings. The van der Waals surface area contributed by atoms with Crippen molar-refractivity contribution in [2.45, 2.75) is 32.2 Å². The Morgan fingerprint density at radius 2 is 1.76 bits per heavy atom. The normalized spacial score (nSPS) is 30.2. The summed E-state index contributed by atoms with van der Waals surface area (Å²) in [7, 11) is 1.51. The van der Waals surface area contributed by atoms with E-state index in [0.717, 1.165) is 10.5 Å². The fraction of sp³-hybridized carbons (Fsp3) is 0.333. The summed E-state index contributed by atoms with van der Waals surface area (Å²) in [6, 6.07) is 17.6. The van der Waals surface area contributed by atoms with E-state index in [0.29, 0.717) is 23.4 Å². The van der Waals surface area contributed by atoms with E-state index < -0.39 is 35.0 Å². The van der Waals surface area contributed by atoms with Crippen LogP contribution in [0.4, 0.5) is 5.69 Å². The number of rotatable bonds is 5. The number of anilines is 1. The first kappa shape index (κ1) is 26.6. The molecule has 4 aliphatic rings. The van der Waals surface area contributed by atoms with E-state index in [-0.39, 0.29) is 42.3 Å². The first-order valence-corrected chi connectivity index (χ1v) is 15.0. The Balaban J connectivity index is 1.36. The summed E-state index contributed by atoms with van der Waals surface area (Å²) >= 11 is 1.50. The van der Waals surface area contributed by atoms with Crippen LogP contribution in [0.2, 0.25) is 0 Å². The summed E-state index contributed by atoms with van der Waals surface area (Å²) in [5.41, 5.74) is 0.618. The van der Waals surface area contributed by atoms with Crippen LogP contribution < -0.4 is 9.64 Å². The van der Waals surface area contributed by atoms with Gasteiger partial charge >= 0.3 is 0 Å². The third-order valence-corrected chi connectivity index (χ3v) is 10.7. The predicted molar refractivity (Wildman–Crippen MR) is 156 cm³/mol. The number of benzene rings is 2. The highest BCUT2D eigenvalue weighted by molar-refractivity contribution is 7.09. The lowest BCUT2D eigenvalue weighted by Crippen LogP contribution is -2.48. The number of fused-ring (bicyclic) bond motifs is 4. The number of thiophene rings is 1. The molecule has 42 heavy (non-hydrogen) atoms. The van der Waals surface area contributed by atoms with E-state index in [4.69, 9.17) is 4.74 Å². The van der Waals surface area contributed by atoms with Gasteiger partial charge in [-0.05, 0) is 55.3 Å². The van der Waals surface area contributed by atoms with E-state index in [1.807, 2.05) is 36.6 Å². The highest BCUT2D eigenvalue weighted by Gasteiger charge is 2.67. The zero-order valence-electron chi connectivity index (χ0n) is 23.2. The van der Waals surface area contributed by atoms with Crippen LogP contribution in [0.25, 0.3) is 0 Å². The minimum absolute atomic E-state index is 0.0467. The van der Waals surface area contributed by atoms with Gasteiger partial charge in [0.05, 0.1) is 42.5 Å². The highest BCUT2D eigenvalue weighted by atomic mass is 32.1. The molecule has 214 valence electrons. The van der Waals surface area contributed by atoms with Gasteiger partial charge in [0.25, 0.3) is 0 Å². The Bertz CT molecular complexity index is 1650. The number of imide groups is 2. The molecule has 4 amide bonds. The summed E-state index contributed by atoms with van der Waals surface area (Å²) in [4.78, 5) is 59.6. The molecule has 2 aliphatic carbocycles. The molecule has 0 radical (unpaired) electrons. The van der Waals surface area contributed by atoms with Gasteiger partial charge in [-0.1, -0.05) is 42.0 Å². The fourth-order valence-corrected chi connectivity index (χ4v) is 8.55. The number of phenolic OH excluding ortho intramolecular Hbond substituents is 1. The lowest BCUT2D eigenvalue weighted by atomic mass is 9.51. The summed E-state index contributed by atoms with van der Waals surface area (Å²) in [6.07, 6.45) is 2.63. The topological polar surface area (TPSA) is 104 Å². The molecule has 3 heterocycles. The van der Waals surface area contributed by atoms with Crippen LogP contribution in [-0.2, 0) is 25.7 Å². The molecule has 1 N–H and O–H groups in total. The van der Waals surface area contributed by atoms with Crippen LogP contribution in [0, 0.1) is 29.1 Å². The number of amides is 4. The van der Waals surface area contributed by atoms with Gasteiger partial charge in [-0.2, -0.15) is 0 Å². The van der Waals surface area contributed by atoms with Crippen LogP contribution in [0.1, 0.15) is 36.1 Å². The Morgan fingerprint density at radius 3 is 2.45 bits per heavy atom. The van der Waals surface area contributed by atoms with Gasteiger partial charge in [-0.25, -0.2) is 4.90 Å². The molecule has 6 unspecified atom stereocenters. The smallest absolute Gasteiger partial charge is 0.241 e. The van der Waals surface area contributed by atoms with Gasteiger partial charge in [0.15, 0.2) is 0 Å². The van der Waals surface area contributed by atoms with Gasteiger partial charge in [0.2, 0.25) is 23.6 Å². The number of nitrogens with zero attached hydrogens (tertiary/aromatic N) is 2. The molecule has 0 spiro atoms. The number of hydrogen-bond acceptors (Lipinski definition) is 7. The Labute approximate surface area is 247 Å². The van der Waals surface area contributed by atoms with Crippen molar-refractivity contribution in [3.63, 3.8) is 0 Å². The molecule has 0 bridgehead atoms. The number of carbonyl (C=O) groups excluding carboxylic acids is 4. The van der Waals surface area contributed by atoms with Crippen molar-refractivity contribution in [3.8, 4) is 11.5 Å². The molecule has 6 atom stereocenters. The van der Waals surface area contributed by atoms with E-state index in [1.165, 1.54) is 34.3 Å². The molecule has 9 heteroatoms. The average molecular weight is 583 g/mol. The maximum atomic E-state index is 14.4. The van der Waals surface area contributed by atoms with Crippen molar-refractivity contribution < 1.29 is 29.0 Å². The number of ether oxygens (including phenoxy) is 1. The predicted octanol–water partition coefficient (Wildman–Crippen LogP) is 4.89. The van der Waals surface area contributed by atoms with Crippen LogP contribution >= 0.6 is 11.3 Å². The summed E-state index contributed by atoms with van der Waals surface area (Å²) in [5, 5.41) is 13.2. The third-order valence-electron chi connectivity index (χ3n) is 9.82. The number of allylic oxidation sites excluding steroid dienone is 2. The zero-order valence-corrected chi connectivity index (χ0v) is 24.0. The minimum atomic E-state index is -1.21. The van der Waals surface area contributed by atoms with E-state index >= 15 is 0 Å². The van der Waals surface area contributed by atoms with Gasteiger partial charge in [-0.3, -0.25) is 24.1 Å². The van der Waals surface area contributed by atoms with Gasteiger partial charge in [0.1, 0.15) is 11.5 Å². The van der Waals surface area contributed by atoms with E-state index in [9.17, 15) is 24.3 Å². The quantitative estimate of drug-likeness (QED) is 0.339. The van der Waals surface area contributed by atoms with E-state index in [1.54, 1.807) is 36.4 Å². The van der Waals surface area contributed by atoms with Crippen molar-refractivity contribution in [3.05, 3.63) is 88.1 Å². The molecule has 2 saturated heterocycles. The van der Waals surface area contributed by atoms with Crippen molar-refractivity contribution >= 4 is 40.7 Å². The second-order valence-electron chi connectivity index (χ2n) is 11.8. The van der Waals surface area contributed by atoms with Crippen molar-refractivity contribution in [1.29, 1.82) is 0 Å². The Kier molecular flexibility index (Phi) is 6.13. The Morgan fingerprint density at radius 1 is 0.976 bits per heavy atom. The number of aromatic hydroxyl groups is 1. The molecule has 3 aromatic rings. The third kappa shape index (κ3) is 3.65. The largest absolute Gasteiger partial charge is 0.508 e. The summed E-state index contributed by atoms with van der Waals surface area (Å²) in [6.45, 7) is 2.04. The second kappa shape index (κ2) is 9.66. The molecule has 8 nitrogen and oxygen atoms in total. The van der Waals surface area contributed by atoms with Crippen molar-refractivity contribution in [2.24, 2.45) is 29.1 Å². The van der Waals surface area contributed by atoms with Crippen molar-refractivity contribution in [2.75, 3.05) is 12.0 Å². The first-order chi connectivity index (χ1) is 20.3. The van der Waals surface area contributed by atoms with Crippen LogP contribution in [0.5, 0.6) is 11.5 Å². The van der Waals surface area contributed by atoms with E-state index in [2.05, 4.69) is 0 Å². The number of carbonyl (C=O) groups is 4. The lowest BCUT2D eigenvalue weighted by Gasteiger charge is -2.49. The molecule has 2 aliphatic heterocycles. The van der Waals surface area contributed by atoms with Gasteiger partial charge in [-0.15, -0.1) is 11.3 Å². The standard InChI is InChI=1S/C33H30N2O6S/c1-33-25(30(38)35(32(33)40)18-7-4-3-5-8-18)16-24-21(28(33)22-11-10-19(41-2)15-26(22)36)12-13-23-27(24)31(39)34(29(23)37)17-20-9-6-14-42-20/h3-12,14-15,23-25,27-28,36H,13,16-17H2,1-2H3. The SMILES string of the molecule is COc1ccc(C2C3=CCC4C(=O)N(Cc5cccs5)C(=O)C4C3CC3C(=O)N(c4ccccc4)C(=O)C32C)c(O)c1. The minimum Gasteiger partial charge on any atom is -0.508 e. The van der Waals surface area contributed by atoms with Gasteiger partial charge in [0, 0.05) is 22.4 Å². The van der Waals surface area contributed by atoms with Crippen LogP contribution in [-0.4, -0.2) is 40.7 Å². The maximum absolute atomic E-state index is 14.4. The molecule has 2 aromatic carbocycles. The lowest BCUT2D eigenvalue weighted by molar-refractivity contribution is -0.141. The molecule has 1 aromatic heterocycles. The monoisotopic (exact) mass is 582 g/mol. The van der Waals surface area contributed by atoms with Crippen LogP contribution in [0.15, 0.2) is 77.7 Å². The number of para-hydroxylation sites is 1. The molecular formula is C33H30N2O6S. The van der Waals surface area contributed by atoms with Crippen LogP contribution in [0.3, 0.4) is 0 Å². The summed E-state index contributed by atoms with van der Waals surface area (Å²) < 4.78 is 5.32. The number of phenols is 1. The second-order valence-corrected chi connectivity index (χ2v) is 12.8. The molecule has 7 rings (SSSR count). The number of likely N-dealkylation sites (tertiary alicyclic amines) is 1. The molecule has 1 saturated carbocycles. The molecular weight excluding hydrogens is 552 g/mol. The Hall–Kier alpha value is -4.24. The number of hydrogen-bond donors (Lipinski definition) is 1. The maximum Gasteiger partial charge on any atom is 0.241 e. The summed E-state index contributed by atoms with van der Waals surface area (Å²) in [5.74, 6) is -3.64. The highest BCUT2D eigenvalue weighted by Crippen LogP contribution is 2.64. The fourth-order valence-electron chi connectivity index (χ4n) is 7.86.